The van der Waals surface area contributed by atoms with Crippen LogP contribution in [-0.4, -0.2) is 17.5 Å². The summed E-state index contributed by atoms with van der Waals surface area (Å²) in [5, 5.41) is 9.22. The maximum absolute atomic E-state index is 10.3. The lowest BCUT2D eigenvalue weighted by molar-refractivity contribution is -0.114. The maximum Gasteiger partial charge on any atom is 0.125 e. The molecule has 0 radical (unpaired) electrons. The van der Waals surface area contributed by atoms with Gasteiger partial charge in [-0.1, -0.05) is 20.3 Å². The number of carbonyl (C=O) groups is 1. The van der Waals surface area contributed by atoms with E-state index in [0.29, 0.717) is 6.42 Å². The third-order valence-electron chi connectivity index (χ3n) is 1.71. The molecule has 2 atom stereocenters. The Hall–Kier alpha value is -0.370. The van der Waals surface area contributed by atoms with Gasteiger partial charge in [0.15, 0.2) is 0 Å². The second-order valence-corrected chi connectivity index (χ2v) is 2.56. The van der Waals surface area contributed by atoms with Crippen LogP contribution in [0.25, 0.3) is 0 Å². The highest BCUT2D eigenvalue weighted by molar-refractivity contribution is 5.54. The number of rotatable bonds is 5. The molecule has 0 bridgehead atoms. The van der Waals surface area contributed by atoms with E-state index in [0.717, 1.165) is 19.1 Å². The number of carbonyl (C=O) groups excluding carboxylic acids is 1. The molecule has 0 heterocycles. The van der Waals surface area contributed by atoms with Crippen molar-refractivity contribution >= 4 is 6.29 Å². The zero-order chi connectivity index (χ0) is 7.98. The SMILES string of the molecule is CCCC(C=O)C(O)CC. The molecule has 10 heavy (non-hydrogen) atoms. The molecular formula is C8H16O2. The summed E-state index contributed by atoms with van der Waals surface area (Å²) in [6.45, 7) is 3.90. The van der Waals surface area contributed by atoms with E-state index in [4.69, 9.17) is 0 Å². The summed E-state index contributed by atoms with van der Waals surface area (Å²) in [5.74, 6) is -0.144. The van der Waals surface area contributed by atoms with Gasteiger partial charge in [0.05, 0.1) is 6.10 Å². The molecule has 2 heteroatoms. The standard InChI is InChI=1S/C8H16O2/c1-3-5-7(6-9)8(10)4-2/h6-8,10H,3-5H2,1-2H3. The Labute approximate surface area is 62.2 Å². The Balaban J connectivity index is 3.67. The van der Waals surface area contributed by atoms with E-state index in [1.165, 1.54) is 0 Å². The van der Waals surface area contributed by atoms with Crippen molar-refractivity contribution in [3.8, 4) is 0 Å². The van der Waals surface area contributed by atoms with Crippen molar-refractivity contribution in [1.29, 1.82) is 0 Å². The number of aliphatic hydroxyl groups excluding tert-OH is 1. The quantitative estimate of drug-likeness (QED) is 0.592. The number of aldehydes is 1. The molecule has 1 N–H and O–H groups in total. The first-order valence-corrected chi connectivity index (χ1v) is 3.89. The molecule has 0 aliphatic heterocycles. The fourth-order valence-electron chi connectivity index (χ4n) is 0.987. The lowest BCUT2D eigenvalue weighted by Gasteiger charge is -2.13. The van der Waals surface area contributed by atoms with Crippen LogP contribution in [0.1, 0.15) is 33.1 Å². The van der Waals surface area contributed by atoms with E-state index >= 15 is 0 Å². The maximum atomic E-state index is 10.3. The predicted octanol–water partition coefficient (Wildman–Crippen LogP) is 1.37. The summed E-state index contributed by atoms with van der Waals surface area (Å²) < 4.78 is 0. The second kappa shape index (κ2) is 5.42. The molecule has 2 nitrogen and oxygen atoms in total. The number of aliphatic hydroxyl groups is 1. The molecule has 0 aliphatic carbocycles. The van der Waals surface area contributed by atoms with Crippen LogP contribution in [0, 0.1) is 5.92 Å². The first-order valence-electron chi connectivity index (χ1n) is 3.89. The summed E-state index contributed by atoms with van der Waals surface area (Å²) in [6.07, 6.45) is 2.86. The van der Waals surface area contributed by atoms with Gasteiger partial charge in [-0.15, -0.1) is 0 Å². The summed E-state index contributed by atoms with van der Waals surface area (Å²) in [7, 11) is 0. The van der Waals surface area contributed by atoms with E-state index < -0.39 is 6.10 Å². The minimum atomic E-state index is -0.433. The van der Waals surface area contributed by atoms with Crippen LogP contribution in [0.2, 0.25) is 0 Å². The lowest BCUT2D eigenvalue weighted by Crippen LogP contribution is -2.20. The van der Waals surface area contributed by atoms with Gasteiger partial charge in [0, 0.05) is 5.92 Å². The minimum Gasteiger partial charge on any atom is -0.392 e. The van der Waals surface area contributed by atoms with E-state index in [2.05, 4.69) is 0 Å². The van der Waals surface area contributed by atoms with Crippen molar-refractivity contribution in [2.75, 3.05) is 0 Å². The Bertz CT molecular complexity index is 91.3. The third-order valence-corrected chi connectivity index (χ3v) is 1.71. The molecule has 0 spiro atoms. The van der Waals surface area contributed by atoms with Crippen LogP contribution in [-0.2, 0) is 4.79 Å². The van der Waals surface area contributed by atoms with Crippen LogP contribution in [0.5, 0.6) is 0 Å². The molecule has 0 aromatic rings. The highest BCUT2D eigenvalue weighted by Crippen LogP contribution is 2.10. The molecule has 0 aromatic carbocycles. The van der Waals surface area contributed by atoms with Crippen LogP contribution in [0.15, 0.2) is 0 Å². The Kier molecular flexibility index (Phi) is 5.22. The highest BCUT2D eigenvalue weighted by atomic mass is 16.3. The smallest absolute Gasteiger partial charge is 0.125 e. The van der Waals surface area contributed by atoms with Gasteiger partial charge in [-0.25, -0.2) is 0 Å². The van der Waals surface area contributed by atoms with Crippen molar-refractivity contribution in [1.82, 2.24) is 0 Å². The summed E-state index contributed by atoms with van der Waals surface area (Å²) in [5.41, 5.74) is 0. The Morgan fingerprint density at radius 3 is 2.40 bits per heavy atom. The van der Waals surface area contributed by atoms with E-state index in [1.807, 2.05) is 13.8 Å². The average molecular weight is 144 g/mol. The van der Waals surface area contributed by atoms with E-state index in [-0.39, 0.29) is 5.92 Å². The highest BCUT2D eigenvalue weighted by Gasteiger charge is 2.14. The molecule has 0 saturated heterocycles. The fourth-order valence-corrected chi connectivity index (χ4v) is 0.987. The molecule has 0 aliphatic rings. The summed E-state index contributed by atoms with van der Waals surface area (Å²) >= 11 is 0. The van der Waals surface area contributed by atoms with Crippen LogP contribution in [0.3, 0.4) is 0 Å². The van der Waals surface area contributed by atoms with Gasteiger partial charge in [-0.05, 0) is 12.8 Å². The van der Waals surface area contributed by atoms with Gasteiger partial charge in [-0.3, -0.25) is 0 Å². The molecular weight excluding hydrogens is 128 g/mol. The zero-order valence-electron chi connectivity index (χ0n) is 6.71. The third kappa shape index (κ3) is 2.97. The van der Waals surface area contributed by atoms with Gasteiger partial charge < -0.3 is 9.90 Å². The van der Waals surface area contributed by atoms with Gasteiger partial charge in [0.2, 0.25) is 0 Å². The Morgan fingerprint density at radius 2 is 2.10 bits per heavy atom. The molecule has 0 saturated carbocycles. The van der Waals surface area contributed by atoms with Crippen molar-refractivity contribution < 1.29 is 9.90 Å². The molecule has 60 valence electrons. The fraction of sp³-hybridized carbons (Fsp3) is 0.875. The monoisotopic (exact) mass is 144 g/mol. The average Bonchev–Trinajstić information content (AvgIpc) is 1.99. The van der Waals surface area contributed by atoms with Crippen molar-refractivity contribution in [2.24, 2.45) is 5.92 Å². The first-order chi connectivity index (χ1) is 4.76. The van der Waals surface area contributed by atoms with Crippen molar-refractivity contribution in [3.05, 3.63) is 0 Å². The van der Waals surface area contributed by atoms with Crippen molar-refractivity contribution in [3.63, 3.8) is 0 Å². The van der Waals surface area contributed by atoms with Crippen LogP contribution >= 0.6 is 0 Å². The van der Waals surface area contributed by atoms with Crippen LogP contribution < -0.4 is 0 Å². The first kappa shape index (κ1) is 9.63. The second-order valence-electron chi connectivity index (χ2n) is 2.56. The van der Waals surface area contributed by atoms with Crippen molar-refractivity contribution in [2.45, 2.75) is 39.2 Å². The van der Waals surface area contributed by atoms with Crippen LogP contribution in [0.4, 0.5) is 0 Å². The Morgan fingerprint density at radius 1 is 1.50 bits per heavy atom. The van der Waals surface area contributed by atoms with Gasteiger partial charge in [0.1, 0.15) is 6.29 Å². The molecule has 2 unspecified atom stereocenters. The van der Waals surface area contributed by atoms with E-state index in [1.54, 1.807) is 0 Å². The predicted molar refractivity (Wildman–Crippen MR) is 40.8 cm³/mol. The minimum absolute atomic E-state index is 0.144. The van der Waals surface area contributed by atoms with Gasteiger partial charge >= 0.3 is 0 Å². The van der Waals surface area contributed by atoms with E-state index in [9.17, 15) is 9.90 Å². The number of hydrogen-bond acceptors (Lipinski definition) is 2. The number of hydrogen-bond donors (Lipinski definition) is 1. The van der Waals surface area contributed by atoms with Gasteiger partial charge in [-0.2, -0.15) is 0 Å². The molecule has 0 aromatic heterocycles. The lowest BCUT2D eigenvalue weighted by atomic mass is 9.97. The topological polar surface area (TPSA) is 37.3 Å². The molecule has 0 fully saturated rings. The zero-order valence-corrected chi connectivity index (χ0v) is 6.71. The normalized spacial score (nSPS) is 16.3. The largest absolute Gasteiger partial charge is 0.392 e. The molecule has 0 rings (SSSR count). The summed E-state index contributed by atoms with van der Waals surface area (Å²) in [4.78, 5) is 10.3. The van der Waals surface area contributed by atoms with Gasteiger partial charge in [0.25, 0.3) is 0 Å². The molecule has 0 amide bonds. The summed E-state index contributed by atoms with van der Waals surface area (Å²) in [6, 6.07) is 0.